The van der Waals surface area contributed by atoms with Crippen LogP contribution in [0, 0.1) is 0 Å². The molecule has 2 spiro atoms. The van der Waals surface area contributed by atoms with Crippen LogP contribution < -0.4 is 0 Å². The number of rotatable bonds is 3. The second-order valence-electron chi connectivity index (χ2n) is 22.7. The molecule has 0 saturated heterocycles. The molecule has 366 valence electrons. The molecule has 0 nitrogen and oxygen atoms in total. The summed E-state index contributed by atoms with van der Waals surface area (Å²) >= 11 is 0. The highest BCUT2D eigenvalue weighted by atomic mass is 14.5. The van der Waals surface area contributed by atoms with E-state index >= 15 is 0 Å². The molecule has 4 aliphatic rings. The molecule has 0 N–H and O–H groups in total. The van der Waals surface area contributed by atoms with Crippen LogP contribution in [0.3, 0.4) is 0 Å². The van der Waals surface area contributed by atoms with E-state index in [9.17, 15) is 0 Å². The lowest BCUT2D eigenvalue weighted by Gasteiger charge is -2.30. The predicted molar refractivity (Wildman–Crippen MR) is 334 cm³/mol. The van der Waals surface area contributed by atoms with Gasteiger partial charge in [0.15, 0.2) is 0 Å². The van der Waals surface area contributed by atoms with Gasteiger partial charge in [-0.2, -0.15) is 0 Å². The third-order valence-electron chi connectivity index (χ3n) is 19.5. The van der Waals surface area contributed by atoms with Crippen molar-refractivity contribution in [1.29, 1.82) is 0 Å². The molecule has 19 rings (SSSR count). The Morgan fingerprint density at radius 3 is 0.875 bits per heavy atom. The van der Waals surface area contributed by atoms with Gasteiger partial charge >= 0.3 is 0 Å². The molecule has 80 heavy (non-hydrogen) atoms. The summed E-state index contributed by atoms with van der Waals surface area (Å²) in [5, 5.41) is 12.8. The van der Waals surface area contributed by atoms with Crippen molar-refractivity contribution in [2.24, 2.45) is 0 Å². The largest absolute Gasteiger partial charge is 0.0725 e. The molecular formula is C80H46. The topological polar surface area (TPSA) is 0 Å². The van der Waals surface area contributed by atoms with Crippen LogP contribution in [0.2, 0.25) is 0 Å². The molecule has 0 heterocycles. The Morgan fingerprint density at radius 2 is 0.438 bits per heavy atom. The van der Waals surface area contributed by atoms with Crippen LogP contribution in [0.5, 0.6) is 0 Å². The fraction of sp³-hybridized carbons (Fsp3) is 0.0250. The molecular weight excluding hydrogens is 961 g/mol. The fourth-order valence-corrected chi connectivity index (χ4v) is 16.7. The molecule has 4 aliphatic carbocycles. The Kier molecular flexibility index (Phi) is 8.22. The van der Waals surface area contributed by atoms with E-state index in [1.807, 2.05) is 0 Å². The molecule has 0 atom stereocenters. The lowest BCUT2D eigenvalue weighted by Crippen LogP contribution is -2.25. The highest BCUT2D eigenvalue weighted by molar-refractivity contribution is 6.31. The van der Waals surface area contributed by atoms with E-state index in [0.717, 1.165) is 0 Å². The molecule has 0 fully saturated rings. The zero-order chi connectivity index (χ0) is 52.0. The van der Waals surface area contributed by atoms with E-state index in [1.165, 1.54) is 176 Å². The van der Waals surface area contributed by atoms with Crippen molar-refractivity contribution in [2.45, 2.75) is 10.8 Å². The third-order valence-corrected chi connectivity index (χ3v) is 19.5. The summed E-state index contributed by atoms with van der Waals surface area (Å²) in [5.74, 6) is 0. The van der Waals surface area contributed by atoms with E-state index in [2.05, 4.69) is 279 Å². The number of hydrogen-bond acceptors (Lipinski definition) is 0. The van der Waals surface area contributed by atoms with Crippen LogP contribution in [-0.4, -0.2) is 0 Å². The summed E-state index contributed by atoms with van der Waals surface area (Å²) in [7, 11) is 0. The molecule has 15 aromatic rings. The van der Waals surface area contributed by atoms with Crippen LogP contribution in [0.15, 0.2) is 279 Å². The van der Waals surface area contributed by atoms with Gasteiger partial charge < -0.3 is 0 Å². The average molecular weight is 1010 g/mol. The van der Waals surface area contributed by atoms with Crippen LogP contribution in [-0.2, 0) is 10.8 Å². The van der Waals surface area contributed by atoms with Gasteiger partial charge in [-0.25, -0.2) is 0 Å². The number of hydrogen-bond donors (Lipinski definition) is 0. The van der Waals surface area contributed by atoms with Crippen molar-refractivity contribution in [3.63, 3.8) is 0 Å². The van der Waals surface area contributed by atoms with Crippen molar-refractivity contribution in [3.05, 3.63) is 324 Å². The van der Waals surface area contributed by atoms with Crippen molar-refractivity contribution in [3.8, 4) is 77.9 Å². The second-order valence-corrected chi connectivity index (χ2v) is 22.7. The predicted octanol–water partition coefficient (Wildman–Crippen LogP) is 20.6. The Balaban J connectivity index is 0.845. The van der Waals surface area contributed by atoms with Gasteiger partial charge in [-0.1, -0.05) is 279 Å². The van der Waals surface area contributed by atoms with Crippen molar-refractivity contribution in [2.75, 3.05) is 0 Å². The molecule has 0 aromatic heterocycles. The summed E-state index contributed by atoms with van der Waals surface area (Å²) in [6.07, 6.45) is 0. The highest BCUT2D eigenvalue weighted by Crippen LogP contribution is 2.66. The Labute approximate surface area is 463 Å². The Morgan fingerprint density at radius 1 is 0.150 bits per heavy atom. The van der Waals surface area contributed by atoms with Crippen LogP contribution in [0.4, 0.5) is 0 Å². The standard InChI is InChI=1S/C80H46/c1-3-25-57-55(23-1)75(56-24-2-4-26-58(56)76(57)64-30-18-38-72-78(64)63-28-10-16-36-70(63)80(72)67-33-13-7-21-52(67)53-22-8-14-34-68(53)80)61-46-42-48-40-44-59-49(43-39-47-41-45-60(61)74(48)73(47)59)54-29-17-37-71-77(54)62-27-9-15-35-69(62)79(71)65-31-11-5-19-50(65)51-20-6-12-32-66(51)79/h1-46H. The van der Waals surface area contributed by atoms with Crippen LogP contribution in [0.25, 0.3) is 132 Å². The van der Waals surface area contributed by atoms with E-state index in [1.54, 1.807) is 0 Å². The number of benzene rings is 15. The smallest absolute Gasteiger partial charge is 0.0619 e. The maximum atomic E-state index is 2.42. The first-order valence-corrected chi connectivity index (χ1v) is 28.2. The van der Waals surface area contributed by atoms with E-state index in [4.69, 9.17) is 0 Å². The molecule has 0 bridgehead atoms. The Bertz CT molecular complexity index is 5110. The van der Waals surface area contributed by atoms with E-state index < -0.39 is 10.8 Å². The van der Waals surface area contributed by atoms with Gasteiger partial charge in [0.1, 0.15) is 0 Å². The molecule has 0 unspecified atom stereocenters. The minimum atomic E-state index is -0.427. The van der Waals surface area contributed by atoms with Gasteiger partial charge in [0.2, 0.25) is 0 Å². The summed E-state index contributed by atoms with van der Waals surface area (Å²) in [5.41, 5.74) is 28.3. The van der Waals surface area contributed by atoms with Crippen LogP contribution >= 0.6 is 0 Å². The third kappa shape index (κ3) is 5.02. The maximum absolute atomic E-state index is 2.42. The number of fused-ring (bicyclic) bond motifs is 22. The zero-order valence-corrected chi connectivity index (χ0v) is 43.6. The van der Waals surface area contributed by atoms with Gasteiger partial charge in [-0.3, -0.25) is 0 Å². The first kappa shape index (κ1) is 42.9. The summed E-state index contributed by atoms with van der Waals surface area (Å²) in [6.45, 7) is 0. The molecule has 0 aliphatic heterocycles. The van der Waals surface area contributed by atoms with Crippen molar-refractivity contribution >= 4 is 53.9 Å². The monoisotopic (exact) mass is 1010 g/mol. The second kappa shape index (κ2) is 15.3. The fourth-order valence-electron chi connectivity index (χ4n) is 16.7. The molecule has 0 saturated carbocycles. The molecule has 0 amide bonds. The summed E-state index contributed by atoms with van der Waals surface area (Å²) < 4.78 is 0. The SMILES string of the molecule is c1ccc2c(c1)-c1ccccc1C21c2ccccc2-c2c(-c3c4ccccc4c(-c4ccc5ccc6c(-c7cccc8c7-c7ccccc7C87c8ccccc8-c8ccccc87)ccc7ccc4c5c76)c4ccccc34)cccc21. The van der Waals surface area contributed by atoms with Crippen molar-refractivity contribution < 1.29 is 0 Å². The van der Waals surface area contributed by atoms with Gasteiger partial charge in [-0.05, 0) is 176 Å². The minimum Gasteiger partial charge on any atom is -0.0619 e. The normalized spacial score (nSPS) is 14.2. The maximum Gasteiger partial charge on any atom is 0.0725 e. The molecule has 0 heteroatoms. The van der Waals surface area contributed by atoms with E-state index in [0.29, 0.717) is 0 Å². The highest BCUT2D eigenvalue weighted by Gasteiger charge is 2.53. The summed E-state index contributed by atoms with van der Waals surface area (Å²) in [4.78, 5) is 0. The van der Waals surface area contributed by atoms with Crippen molar-refractivity contribution in [1.82, 2.24) is 0 Å². The van der Waals surface area contributed by atoms with E-state index in [-0.39, 0.29) is 0 Å². The zero-order valence-electron chi connectivity index (χ0n) is 43.6. The van der Waals surface area contributed by atoms with Gasteiger partial charge in [0.25, 0.3) is 0 Å². The Hall–Kier alpha value is -10.1. The molecule has 0 radical (unpaired) electrons. The lowest BCUT2D eigenvalue weighted by molar-refractivity contribution is 0.794. The van der Waals surface area contributed by atoms with Crippen LogP contribution in [0.1, 0.15) is 44.5 Å². The first-order chi connectivity index (χ1) is 39.7. The quantitative estimate of drug-likeness (QED) is 0.122. The summed E-state index contributed by atoms with van der Waals surface area (Å²) in [6, 6.07) is 107. The molecule has 15 aromatic carbocycles. The van der Waals surface area contributed by atoms with Gasteiger partial charge in [-0.15, -0.1) is 0 Å². The minimum absolute atomic E-state index is 0.406. The van der Waals surface area contributed by atoms with Gasteiger partial charge in [0, 0.05) is 0 Å². The lowest BCUT2D eigenvalue weighted by atomic mass is 9.70. The average Bonchev–Trinajstić information content (AvgIpc) is 4.33. The van der Waals surface area contributed by atoms with Gasteiger partial charge in [0.05, 0.1) is 10.8 Å². The first-order valence-electron chi connectivity index (χ1n) is 28.2.